The molecule has 4 aliphatic rings. The Morgan fingerprint density at radius 1 is 0.547 bits per heavy atom. The predicted molar refractivity (Wildman–Crippen MR) is 293 cm³/mol. The third-order valence-electron chi connectivity index (χ3n) is 13.2. The van der Waals surface area contributed by atoms with E-state index >= 15 is 0 Å². The summed E-state index contributed by atoms with van der Waals surface area (Å²) in [5.41, 5.74) is 13.3. The number of nitrogens with one attached hydrogen (secondary N) is 8. The van der Waals surface area contributed by atoms with Crippen LogP contribution in [-0.4, -0.2) is 146 Å². The fourth-order valence-corrected chi connectivity index (χ4v) is 13.1. The molecular formula is C52H77AtN12O8S2. The largest absolute Gasteiger partial charge is 0.351 e. The number of carbonyl (C=O) groups is 6. The second-order valence-electron chi connectivity index (χ2n) is 19.2. The van der Waals surface area contributed by atoms with E-state index in [2.05, 4.69) is 52.5 Å². The molecule has 0 spiro atoms. The van der Waals surface area contributed by atoms with E-state index in [1.807, 2.05) is 41.7 Å². The summed E-state index contributed by atoms with van der Waals surface area (Å²) < 4.78 is 12.3. The molecule has 20 nitrogen and oxygen atoms in total. The molecule has 412 valence electrons. The Morgan fingerprint density at radius 3 is 1.51 bits per heavy atom. The zero-order valence-electron chi connectivity index (χ0n) is 42.9. The Morgan fingerprint density at radius 2 is 1.01 bits per heavy atom. The van der Waals surface area contributed by atoms with Gasteiger partial charge in [0.25, 0.3) is 5.91 Å². The Bertz CT molecular complexity index is 2170. The maximum atomic E-state index is 13.4. The predicted octanol–water partition coefficient (Wildman–Crippen LogP) is 2.95. The number of hydrogen-bond donors (Lipinski definition) is 10. The van der Waals surface area contributed by atoms with Gasteiger partial charge in [0.05, 0.1) is 24.2 Å². The van der Waals surface area contributed by atoms with E-state index in [-0.39, 0.29) is 73.2 Å². The first-order valence-electron chi connectivity index (χ1n) is 26.6. The van der Waals surface area contributed by atoms with Crippen molar-refractivity contribution in [1.82, 2.24) is 31.9 Å². The molecule has 2 aromatic carbocycles. The van der Waals surface area contributed by atoms with Gasteiger partial charge in [0.1, 0.15) is 0 Å². The summed E-state index contributed by atoms with van der Waals surface area (Å²) in [6, 6.07) is 13.3. The minimum Gasteiger partial charge on any atom is -0.351 e. The molecule has 0 unspecified atom stereocenters. The van der Waals surface area contributed by atoms with Gasteiger partial charge < -0.3 is 48.7 Å². The molecule has 0 radical (unpaired) electrons. The molecule has 6 amide bonds. The fraction of sp³-hybridized carbons (Fsp3) is 0.615. The van der Waals surface area contributed by atoms with Crippen LogP contribution in [0.3, 0.4) is 0 Å². The average molecular weight is 1270 g/mol. The molecule has 0 aliphatic carbocycles. The molecule has 2 fully saturated rings. The molecule has 4 aliphatic heterocycles. The van der Waals surface area contributed by atoms with Crippen LogP contribution in [0.25, 0.3) is 0 Å². The third-order valence-corrected chi connectivity index (χ3v) is 17.1. The summed E-state index contributed by atoms with van der Waals surface area (Å²) in [6.07, 6.45) is 11.3. The smallest absolute Gasteiger partial charge is 0.0256 e. The Labute approximate surface area is 464 Å². The van der Waals surface area contributed by atoms with Crippen LogP contribution in [0.4, 0.5) is 11.4 Å². The van der Waals surface area contributed by atoms with Gasteiger partial charge in [-0.1, -0.05) is 25.7 Å². The van der Waals surface area contributed by atoms with Gasteiger partial charge in [0, 0.05) is 84.3 Å². The summed E-state index contributed by atoms with van der Waals surface area (Å²) in [5, 5.41) is 24.8. The van der Waals surface area contributed by atoms with Crippen molar-refractivity contribution in [3.8, 4) is 0 Å². The van der Waals surface area contributed by atoms with Crippen molar-refractivity contribution in [2.75, 3.05) is 74.7 Å². The summed E-state index contributed by atoms with van der Waals surface area (Å²) >= 11 is 5.36. The van der Waals surface area contributed by atoms with Crippen LogP contribution in [0.1, 0.15) is 123 Å². The first kappa shape index (κ1) is 59.5. The standard InChI is InChI=1S/C52H77AtN12O8S2/c53-36-13-11-12-34(28-36)49(70)58-22-24-72-26-27-73-25-23-59-50(71)35-29-37(60-45(68)18-3-1-9-20-56-43(66)16-7-5-14-41-47-39(32-74-41)62-51(54)64-47)31-38(30-35)61-46(69)19-4-2-10-21-57-44(67)17-8-6-15-42-48-40(33-75-42)63-52(55)65-48/h11-13,28-31,39-42,47-48H,1-10,14-27,32-33H2,(H,56,66)(H,57,67)(H,58,70)(H,59,71)(H,60,68)(H,61,69)(H3,54,62,64)(H3,55,63,65)/t39-,40-,41-,42-,47-,48-/m0/s1/i53+1. The van der Waals surface area contributed by atoms with Crippen LogP contribution in [0, 0.1) is 24.7 Å². The maximum absolute atomic E-state index is 13.4. The number of unbranched alkanes of at least 4 members (excludes halogenated alkanes) is 6. The third kappa shape index (κ3) is 21.7. The number of fused-ring (bicyclic) bond motifs is 2. The van der Waals surface area contributed by atoms with Crippen LogP contribution < -0.4 is 57.3 Å². The van der Waals surface area contributed by atoms with Crippen molar-refractivity contribution in [3.05, 3.63) is 53.6 Å². The van der Waals surface area contributed by atoms with Crippen molar-refractivity contribution < 1.29 is 63.0 Å². The van der Waals surface area contributed by atoms with Crippen LogP contribution in [0.15, 0.2) is 52.4 Å². The number of nitrogens with two attached hydrogens (primary N) is 2. The van der Waals surface area contributed by atoms with E-state index in [1.165, 1.54) is 24.7 Å². The number of ether oxygens (including phenoxy) is 2. The number of aliphatic imine (C=N–C) groups is 2. The number of amides is 6. The Hall–Kier alpha value is -4.70. The Balaban J connectivity index is 0.849. The topological polar surface area (TPSA) is 294 Å². The molecule has 12 N–H and O–H groups in total. The van der Waals surface area contributed by atoms with Crippen molar-refractivity contribution in [2.45, 2.75) is 137 Å². The molecule has 75 heavy (non-hydrogen) atoms. The number of benzene rings is 2. The maximum Gasteiger partial charge on any atom is -0.0256 e. The zero-order chi connectivity index (χ0) is 53.2. The van der Waals surface area contributed by atoms with E-state index in [1.54, 1.807) is 24.3 Å². The zero-order valence-corrected chi connectivity index (χ0v) is 47.5. The van der Waals surface area contributed by atoms with Gasteiger partial charge in [-0.15, -0.1) is 0 Å². The second-order valence-corrected chi connectivity index (χ2v) is 23.5. The Kier molecular flexibility index (Phi) is 26.0. The van der Waals surface area contributed by atoms with E-state index in [4.69, 9.17) is 20.9 Å². The summed E-state index contributed by atoms with van der Waals surface area (Å²) in [5.74, 6) is 2.13. The van der Waals surface area contributed by atoms with Crippen molar-refractivity contribution in [2.24, 2.45) is 21.5 Å². The molecule has 2 saturated heterocycles. The molecular weight excluding hydrogens is 1200 g/mol. The SMILES string of the molecule is NC1=N[C@H]2[C@H](CS[C@H]2CCCCC(=O)NCCCCCC(=O)Nc2cc(NC(=O)CCCCCNC(=O)CCCC[C@@H]3SC[C@@H]4NC(N)=N[C@@H]43)cc(C(=O)NCCOCCOCCNC(=O)c3cccc([211At])c3)c2)N1. The van der Waals surface area contributed by atoms with Gasteiger partial charge in [-0.05, 0) is 69.6 Å². The summed E-state index contributed by atoms with van der Waals surface area (Å²) in [7, 11) is 0. The number of carbonyl (C=O) groups excluding carboxylic acids is 6. The molecule has 6 rings (SSSR count). The molecule has 23 heteroatoms. The second kappa shape index (κ2) is 32.8. The van der Waals surface area contributed by atoms with Gasteiger partial charge in [-0.2, -0.15) is 23.5 Å². The molecule has 6 atom stereocenters. The van der Waals surface area contributed by atoms with Crippen LogP contribution >= 0.6 is 23.5 Å². The molecule has 0 saturated carbocycles. The fourth-order valence-electron chi connectivity index (χ4n) is 9.30. The summed E-state index contributed by atoms with van der Waals surface area (Å²) in [6.45, 7) is 2.82. The molecule has 4 heterocycles. The number of guanidine groups is 2. The van der Waals surface area contributed by atoms with Gasteiger partial charge in [-0.25, -0.2) is 9.98 Å². The van der Waals surface area contributed by atoms with E-state index in [9.17, 15) is 28.8 Å². The van der Waals surface area contributed by atoms with Crippen molar-refractivity contribution >= 4 is 85.5 Å². The van der Waals surface area contributed by atoms with Crippen molar-refractivity contribution in [3.63, 3.8) is 0 Å². The van der Waals surface area contributed by atoms with Crippen molar-refractivity contribution in [1.29, 1.82) is 0 Å². The van der Waals surface area contributed by atoms with E-state index in [0.717, 1.165) is 79.0 Å². The number of nitrogens with zero attached hydrogens (tertiary/aromatic N) is 2. The van der Waals surface area contributed by atoms with Crippen LogP contribution in [0.5, 0.6) is 0 Å². The number of hydrogen-bond acceptors (Lipinski definition) is 16. The van der Waals surface area contributed by atoms with Gasteiger partial charge >= 0.3 is 116 Å². The number of anilines is 2. The quantitative estimate of drug-likeness (QED) is 0.0445. The van der Waals surface area contributed by atoms with Gasteiger partial charge in [0.2, 0.25) is 23.6 Å². The van der Waals surface area contributed by atoms with E-state index < -0.39 is 5.91 Å². The van der Waals surface area contributed by atoms with Crippen LogP contribution in [-0.2, 0) is 28.7 Å². The molecule has 0 bridgehead atoms. The molecule has 0 aromatic heterocycles. The molecule has 2 aromatic rings. The first-order chi connectivity index (χ1) is 36.4. The average Bonchev–Trinajstić information content (AvgIpc) is 4.16. The van der Waals surface area contributed by atoms with Gasteiger partial charge in [0.15, 0.2) is 11.9 Å². The minimum absolute atomic E-state index is 0.0354. The van der Waals surface area contributed by atoms with E-state index in [0.29, 0.717) is 117 Å². The number of thioether (sulfide) groups is 2. The monoisotopic (exact) mass is 1270 g/mol. The number of rotatable bonds is 35. The minimum atomic E-state index is -0.406. The first-order valence-corrected chi connectivity index (χ1v) is 30.2. The normalized spacial score (nSPS) is 20.2. The summed E-state index contributed by atoms with van der Waals surface area (Å²) in [4.78, 5) is 85.8. The van der Waals surface area contributed by atoms with Gasteiger partial charge in [-0.3, -0.25) is 24.0 Å². The van der Waals surface area contributed by atoms with Crippen LogP contribution in [0.2, 0.25) is 0 Å².